The number of benzene rings is 1. The number of hydrazine groups is 1. The van der Waals surface area contributed by atoms with Crippen LogP contribution in [0.4, 0.5) is 4.39 Å². The Morgan fingerprint density at radius 2 is 1.95 bits per heavy atom. The highest BCUT2D eigenvalue weighted by Crippen LogP contribution is 2.31. The fourth-order valence-corrected chi connectivity index (χ4v) is 3.15. The van der Waals surface area contributed by atoms with Gasteiger partial charge >= 0.3 is 0 Å². The number of rotatable bonds is 4. The quantitative estimate of drug-likeness (QED) is 0.490. The second-order valence-corrected chi connectivity index (χ2v) is 5.84. The molecule has 2 nitrogen and oxygen atoms in total. The SMILES string of the molecule is Cc1ccc(F)c(C(CC2CCCCCC2)NN)c1. The topological polar surface area (TPSA) is 38.0 Å². The smallest absolute Gasteiger partial charge is 0.128 e. The lowest BCUT2D eigenvalue weighted by Crippen LogP contribution is -2.30. The molecule has 1 saturated carbocycles. The van der Waals surface area contributed by atoms with Gasteiger partial charge in [-0.3, -0.25) is 11.3 Å². The fourth-order valence-electron chi connectivity index (χ4n) is 3.15. The van der Waals surface area contributed by atoms with Gasteiger partial charge in [0.05, 0.1) is 0 Å². The van der Waals surface area contributed by atoms with Crippen LogP contribution < -0.4 is 11.3 Å². The van der Waals surface area contributed by atoms with Crippen molar-refractivity contribution in [3.8, 4) is 0 Å². The highest BCUT2D eigenvalue weighted by molar-refractivity contribution is 5.26. The average molecular weight is 264 g/mol. The van der Waals surface area contributed by atoms with Crippen LogP contribution in [0.25, 0.3) is 0 Å². The summed E-state index contributed by atoms with van der Waals surface area (Å²) in [6, 6.07) is 5.19. The van der Waals surface area contributed by atoms with E-state index in [1.807, 2.05) is 13.0 Å². The van der Waals surface area contributed by atoms with Gasteiger partial charge in [-0.2, -0.15) is 0 Å². The van der Waals surface area contributed by atoms with Gasteiger partial charge < -0.3 is 0 Å². The minimum Gasteiger partial charge on any atom is -0.271 e. The second kappa shape index (κ2) is 7.01. The van der Waals surface area contributed by atoms with Crippen molar-refractivity contribution in [2.75, 3.05) is 0 Å². The number of hydrogen-bond donors (Lipinski definition) is 2. The summed E-state index contributed by atoms with van der Waals surface area (Å²) in [5, 5.41) is 0. The molecule has 1 aliphatic carbocycles. The first-order valence-electron chi connectivity index (χ1n) is 7.43. The molecule has 1 atom stereocenters. The zero-order chi connectivity index (χ0) is 13.7. The van der Waals surface area contributed by atoms with Crippen molar-refractivity contribution >= 4 is 0 Å². The Labute approximate surface area is 115 Å². The van der Waals surface area contributed by atoms with Gasteiger partial charge in [-0.1, -0.05) is 56.2 Å². The van der Waals surface area contributed by atoms with E-state index in [1.165, 1.54) is 38.5 Å². The predicted molar refractivity (Wildman–Crippen MR) is 77.0 cm³/mol. The monoisotopic (exact) mass is 264 g/mol. The molecule has 0 bridgehead atoms. The first kappa shape index (κ1) is 14.5. The van der Waals surface area contributed by atoms with Crippen LogP contribution in [0, 0.1) is 18.7 Å². The van der Waals surface area contributed by atoms with E-state index in [1.54, 1.807) is 12.1 Å². The number of nitrogens with two attached hydrogens (primary N) is 1. The van der Waals surface area contributed by atoms with Crippen LogP contribution >= 0.6 is 0 Å². The maximum absolute atomic E-state index is 13.9. The van der Waals surface area contributed by atoms with Gasteiger partial charge in [0, 0.05) is 11.6 Å². The predicted octanol–water partition coefficient (Wildman–Crippen LogP) is 4.00. The Kier molecular flexibility index (Phi) is 5.34. The molecule has 1 aromatic carbocycles. The molecular formula is C16H25FN2. The van der Waals surface area contributed by atoms with Crippen molar-refractivity contribution in [3.05, 3.63) is 35.1 Å². The van der Waals surface area contributed by atoms with E-state index in [4.69, 9.17) is 5.84 Å². The summed E-state index contributed by atoms with van der Waals surface area (Å²) in [5.41, 5.74) is 4.61. The summed E-state index contributed by atoms with van der Waals surface area (Å²) < 4.78 is 13.9. The average Bonchev–Trinajstić information content (AvgIpc) is 2.67. The van der Waals surface area contributed by atoms with Gasteiger partial charge in [0.1, 0.15) is 5.82 Å². The molecule has 0 aromatic heterocycles. The maximum Gasteiger partial charge on any atom is 0.128 e. The maximum atomic E-state index is 13.9. The van der Waals surface area contributed by atoms with Crippen LogP contribution in [0.1, 0.15) is 62.1 Å². The zero-order valence-corrected chi connectivity index (χ0v) is 11.8. The lowest BCUT2D eigenvalue weighted by molar-refractivity contribution is 0.352. The van der Waals surface area contributed by atoms with E-state index < -0.39 is 0 Å². The Bertz CT molecular complexity index is 398. The van der Waals surface area contributed by atoms with E-state index >= 15 is 0 Å². The van der Waals surface area contributed by atoms with Crippen molar-refractivity contribution in [1.29, 1.82) is 0 Å². The minimum absolute atomic E-state index is 0.0667. The van der Waals surface area contributed by atoms with Crippen molar-refractivity contribution in [2.24, 2.45) is 11.8 Å². The normalized spacial score (nSPS) is 19.1. The Balaban J connectivity index is 2.08. The molecule has 2 rings (SSSR count). The number of aryl methyl sites for hydroxylation is 1. The first-order chi connectivity index (χ1) is 9.20. The van der Waals surface area contributed by atoms with E-state index in [-0.39, 0.29) is 11.9 Å². The highest BCUT2D eigenvalue weighted by Gasteiger charge is 2.21. The number of halogens is 1. The summed E-state index contributed by atoms with van der Waals surface area (Å²) >= 11 is 0. The fraction of sp³-hybridized carbons (Fsp3) is 0.625. The van der Waals surface area contributed by atoms with Gasteiger partial charge in [0.2, 0.25) is 0 Å². The number of nitrogens with one attached hydrogen (secondary N) is 1. The van der Waals surface area contributed by atoms with E-state index in [9.17, 15) is 4.39 Å². The van der Waals surface area contributed by atoms with Crippen molar-refractivity contribution in [1.82, 2.24) is 5.43 Å². The largest absolute Gasteiger partial charge is 0.271 e. The van der Waals surface area contributed by atoms with Crippen molar-refractivity contribution in [2.45, 2.75) is 57.9 Å². The van der Waals surface area contributed by atoms with Crippen LogP contribution in [0.15, 0.2) is 18.2 Å². The molecule has 106 valence electrons. The standard InChI is InChI=1S/C16H25FN2/c1-12-8-9-15(17)14(10-12)16(19-18)11-13-6-4-2-3-5-7-13/h8-10,13,16,19H,2-7,11,18H2,1H3. The molecule has 0 saturated heterocycles. The third-order valence-electron chi connectivity index (χ3n) is 4.27. The molecule has 0 spiro atoms. The zero-order valence-electron chi connectivity index (χ0n) is 11.8. The molecule has 0 radical (unpaired) electrons. The molecule has 3 N–H and O–H groups in total. The molecule has 0 amide bonds. The molecule has 19 heavy (non-hydrogen) atoms. The van der Waals surface area contributed by atoms with Gasteiger partial charge in [-0.05, 0) is 25.3 Å². The van der Waals surface area contributed by atoms with E-state index in [0.717, 1.165) is 12.0 Å². The van der Waals surface area contributed by atoms with E-state index in [2.05, 4.69) is 5.43 Å². The van der Waals surface area contributed by atoms with Crippen LogP contribution in [0.5, 0.6) is 0 Å². The highest BCUT2D eigenvalue weighted by atomic mass is 19.1. The summed E-state index contributed by atoms with van der Waals surface area (Å²) in [6.07, 6.45) is 8.75. The minimum atomic E-state index is -0.151. The molecule has 1 fully saturated rings. The van der Waals surface area contributed by atoms with Crippen LogP contribution in [-0.4, -0.2) is 0 Å². The van der Waals surface area contributed by atoms with Gasteiger partial charge in [0.25, 0.3) is 0 Å². The Morgan fingerprint density at radius 1 is 1.26 bits per heavy atom. The molecule has 3 heteroatoms. The third-order valence-corrected chi connectivity index (χ3v) is 4.27. The summed E-state index contributed by atoms with van der Waals surface area (Å²) in [7, 11) is 0. The lowest BCUT2D eigenvalue weighted by atomic mass is 9.89. The van der Waals surface area contributed by atoms with Crippen LogP contribution in [-0.2, 0) is 0 Å². The first-order valence-corrected chi connectivity index (χ1v) is 7.43. The van der Waals surface area contributed by atoms with Gasteiger partial charge in [-0.15, -0.1) is 0 Å². The van der Waals surface area contributed by atoms with Gasteiger partial charge in [-0.25, -0.2) is 4.39 Å². The summed E-state index contributed by atoms with van der Waals surface area (Å²) in [5.74, 6) is 6.18. The van der Waals surface area contributed by atoms with Gasteiger partial charge in [0.15, 0.2) is 0 Å². The summed E-state index contributed by atoms with van der Waals surface area (Å²) in [6.45, 7) is 1.99. The van der Waals surface area contributed by atoms with E-state index in [0.29, 0.717) is 11.5 Å². The molecule has 1 aromatic rings. The Hall–Kier alpha value is -0.930. The second-order valence-electron chi connectivity index (χ2n) is 5.84. The molecule has 0 aliphatic heterocycles. The molecular weight excluding hydrogens is 239 g/mol. The van der Waals surface area contributed by atoms with Crippen molar-refractivity contribution < 1.29 is 4.39 Å². The van der Waals surface area contributed by atoms with Crippen LogP contribution in [0.2, 0.25) is 0 Å². The third kappa shape index (κ3) is 4.02. The van der Waals surface area contributed by atoms with Crippen molar-refractivity contribution in [3.63, 3.8) is 0 Å². The molecule has 0 heterocycles. The summed E-state index contributed by atoms with van der Waals surface area (Å²) in [4.78, 5) is 0. The lowest BCUT2D eigenvalue weighted by Gasteiger charge is -2.23. The molecule has 1 unspecified atom stereocenters. The number of hydrogen-bond acceptors (Lipinski definition) is 2. The molecule has 1 aliphatic rings. The Morgan fingerprint density at radius 3 is 2.58 bits per heavy atom. The van der Waals surface area contributed by atoms with Crippen LogP contribution in [0.3, 0.4) is 0 Å².